The van der Waals surface area contributed by atoms with E-state index in [9.17, 15) is 14.4 Å². The van der Waals surface area contributed by atoms with Crippen molar-refractivity contribution in [2.24, 2.45) is 0 Å². The number of halogens is 1. The average Bonchev–Trinajstić information content (AvgIpc) is 3.22. The van der Waals surface area contributed by atoms with Gasteiger partial charge in [0, 0.05) is 9.86 Å². The molecule has 9 heteroatoms. The molecule has 0 aliphatic rings. The number of hydrogen-bond donors (Lipinski definition) is 1. The Morgan fingerprint density at radius 3 is 2.48 bits per heavy atom. The van der Waals surface area contributed by atoms with Crippen molar-refractivity contribution in [3.8, 4) is 0 Å². The van der Waals surface area contributed by atoms with Gasteiger partial charge in [-0.2, -0.15) is 0 Å². The van der Waals surface area contributed by atoms with Gasteiger partial charge in [-0.1, -0.05) is 15.9 Å². The number of rotatable bonds is 6. The summed E-state index contributed by atoms with van der Waals surface area (Å²) in [4.78, 5) is 37.6. The Labute approximate surface area is 179 Å². The van der Waals surface area contributed by atoms with E-state index in [1.807, 2.05) is 6.07 Å². The molecule has 2 aromatic heterocycles. The lowest BCUT2D eigenvalue weighted by atomic mass is 10.1. The van der Waals surface area contributed by atoms with Crippen molar-refractivity contribution in [1.82, 2.24) is 0 Å². The molecule has 0 saturated heterocycles. The quantitative estimate of drug-likeness (QED) is 0.489. The summed E-state index contributed by atoms with van der Waals surface area (Å²) in [5.74, 6) is -1.65. The molecule has 0 aliphatic heterocycles. The number of carbonyl (C=O) groups is 3. The van der Waals surface area contributed by atoms with Crippen LogP contribution in [0.4, 0.5) is 5.00 Å². The standard InChI is InChI=1S/C20H18BrNO6S/c1-4-26-19(24)15-10(3)16(20(25)27-5-2)29-18(15)22-17(23)14-9-11-8-12(21)6-7-13(11)28-14/h6-9H,4-5H2,1-3H3,(H,22,23). The molecular formula is C20H18BrNO6S. The number of hydrogen-bond acceptors (Lipinski definition) is 7. The predicted molar refractivity (Wildman–Crippen MR) is 113 cm³/mol. The molecule has 152 valence electrons. The molecule has 0 fully saturated rings. The van der Waals surface area contributed by atoms with Crippen LogP contribution in [0.15, 0.2) is 33.2 Å². The maximum absolute atomic E-state index is 12.7. The van der Waals surface area contributed by atoms with Crippen LogP contribution in [0.1, 0.15) is 50.0 Å². The van der Waals surface area contributed by atoms with Crippen LogP contribution >= 0.6 is 27.3 Å². The first-order valence-corrected chi connectivity index (χ1v) is 10.4. The van der Waals surface area contributed by atoms with E-state index in [1.165, 1.54) is 0 Å². The molecule has 0 atom stereocenters. The number of ether oxygens (including phenoxy) is 2. The summed E-state index contributed by atoms with van der Waals surface area (Å²) < 4.78 is 16.6. The summed E-state index contributed by atoms with van der Waals surface area (Å²) >= 11 is 4.34. The van der Waals surface area contributed by atoms with Crippen molar-refractivity contribution >= 4 is 61.1 Å². The molecule has 0 saturated carbocycles. The minimum atomic E-state index is -0.624. The van der Waals surface area contributed by atoms with Gasteiger partial charge in [0.25, 0.3) is 5.91 Å². The Morgan fingerprint density at radius 1 is 1.10 bits per heavy atom. The van der Waals surface area contributed by atoms with Crippen LogP contribution in [0.3, 0.4) is 0 Å². The Hall–Kier alpha value is -2.65. The largest absolute Gasteiger partial charge is 0.462 e. The van der Waals surface area contributed by atoms with E-state index >= 15 is 0 Å². The average molecular weight is 480 g/mol. The van der Waals surface area contributed by atoms with Gasteiger partial charge in [0.2, 0.25) is 0 Å². The van der Waals surface area contributed by atoms with Crippen molar-refractivity contribution < 1.29 is 28.3 Å². The molecular weight excluding hydrogens is 462 g/mol. The van der Waals surface area contributed by atoms with Gasteiger partial charge in [0.15, 0.2) is 5.76 Å². The Bertz CT molecular complexity index is 1100. The highest BCUT2D eigenvalue weighted by Crippen LogP contribution is 2.35. The molecule has 7 nitrogen and oxygen atoms in total. The number of carbonyl (C=O) groups excluding carboxylic acids is 3. The van der Waals surface area contributed by atoms with Gasteiger partial charge >= 0.3 is 11.9 Å². The number of thiophene rings is 1. The number of fused-ring (bicyclic) bond motifs is 1. The third-order valence-electron chi connectivity index (χ3n) is 4.02. The molecule has 1 N–H and O–H groups in total. The highest BCUT2D eigenvalue weighted by Gasteiger charge is 2.28. The van der Waals surface area contributed by atoms with E-state index in [4.69, 9.17) is 13.9 Å². The van der Waals surface area contributed by atoms with Gasteiger partial charge in [0.05, 0.1) is 18.8 Å². The molecule has 0 spiro atoms. The number of amides is 1. The summed E-state index contributed by atoms with van der Waals surface area (Å²) in [6.45, 7) is 5.34. The Morgan fingerprint density at radius 2 is 1.79 bits per heavy atom. The molecule has 2 heterocycles. The molecule has 3 aromatic rings. The van der Waals surface area contributed by atoms with Crippen molar-refractivity contribution in [3.05, 3.63) is 50.5 Å². The fourth-order valence-corrected chi connectivity index (χ4v) is 4.20. The Kier molecular flexibility index (Phi) is 6.39. The highest BCUT2D eigenvalue weighted by molar-refractivity contribution is 9.10. The maximum Gasteiger partial charge on any atom is 0.348 e. The number of anilines is 1. The molecule has 3 rings (SSSR count). The van der Waals surface area contributed by atoms with E-state index in [-0.39, 0.29) is 34.4 Å². The SMILES string of the molecule is CCOC(=O)c1sc(NC(=O)c2cc3cc(Br)ccc3o2)c(C(=O)OCC)c1C. The number of benzene rings is 1. The van der Waals surface area contributed by atoms with Gasteiger partial charge in [-0.25, -0.2) is 9.59 Å². The fraction of sp³-hybridized carbons (Fsp3) is 0.250. The molecule has 0 unspecified atom stereocenters. The number of esters is 2. The molecule has 29 heavy (non-hydrogen) atoms. The lowest BCUT2D eigenvalue weighted by Crippen LogP contribution is -2.14. The van der Waals surface area contributed by atoms with Crippen molar-refractivity contribution in [1.29, 1.82) is 0 Å². The first-order valence-electron chi connectivity index (χ1n) is 8.83. The van der Waals surface area contributed by atoms with Crippen LogP contribution in [0.2, 0.25) is 0 Å². The van der Waals surface area contributed by atoms with Crippen LogP contribution in [0, 0.1) is 6.92 Å². The van der Waals surface area contributed by atoms with Crippen LogP contribution in [0.25, 0.3) is 11.0 Å². The van der Waals surface area contributed by atoms with E-state index in [1.54, 1.807) is 39.0 Å². The van der Waals surface area contributed by atoms with Crippen LogP contribution in [-0.4, -0.2) is 31.1 Å². The topological polar surface area (TPSA) is 94.8 Å². The van der Waals surface area contributed by atoms with E-state index in [2.05, 4.69) is 21.2 Å². The minimum Gasteiger partial charge on any atom is -0.462 e. The van der Waals surface area contributed by atoms with Gasteiger partial charge in [-0.3, -0.25) is 4.79 Å². The fourth-order valence-electron chi connectivity index (χ4n) is 2.73. The van der Waals surface area contributed by atoms with E-state index in [0.29, 0.717) is 11.1 Å². The van der Waals surface area contributed by atoms with Crippen LogP contribution < -0.4 is 5.32 Å². The third kappa shape index (κ3) is 4.35. The zero-order chi connectivity index (χ0) is 21.1. The maximum atomic E-state index is 12.7. The smallest absolute Gasteiger partial charge is 0.348 e. The second-order valence-corrected chi connectivity index (χ2v) is 7.88. The summed E-state index contributed by atoms with van der Waals surface area (Å²) in [7, 11) is 0. The first-order chi connectivity index (χ1) is 13.8. The molecule has 0 aliphatic carbocycles. The summed E-state index contributed by atoms with van der Waals surface area (Å²) in [6.07, 6.45) is 0. The van der Waals surface area contributed by atoms with Crippen LogP contribution in [0.5, 0.6) is 0 Å². The Balaban J connectivity index is 1.97. The monoisotopic (exact) mass is 479 g/mol. The van der Waals surface area contributed by atoms with Gasteiger partial charge in [-0.15, -0.1) is 11.3 Å². The number of furan rings is 1. The van der Waals surface area contributed by atoms with Gasteiger partial charge in [0.1, 0.15) is 15.5 Å². The second kappa shape index (κ2) is 8.79. The third-order valence-corrected chi connectivity index (χ3v) is 5.70. The van der Waals surface area contributed by atoms with Gasteiger partial charge < -0.3 is 19.2 Å². The zero-order valence-electron chi connectivity index (χ0n) is 16.0. The molecule has 1 aromatic carbocycles. The second-order valence-electron chi connectivity index (χ2n) is 5.95. The van der Waals surface area contributed by atoms with Crippen LogP contribution in [-0.2, 0) is 9.47 Å². The van der Waals surface area contributed by atoms with Crippen molar-refractivity contribution in [2.45, 2.75) is 20.8 Å². The van der Waals surface area contributed by atoms with Crippen molar-refractivity contribution in [2.75, 3.05) is 18.5 Å². The lowest BCUT2D eigenvalue weighted by Gasteiger charge is -2.06. The zero-order valence-corrected chi connectivity index (χ0v) is 18.4. The van der Waals surface area contributed by atoms with E-state index in [0.717, 1.165) is 21.2 Å². The molecule has 1 amide bonds. The molecule has 0 radical (unpaired) electrons. The summed E-state index contributed by atoms with van der Waals surface area (Å²) in [5.41, 5.74) is 1.08. The predicted octanol–water partition coefficient (Wildman–Crippen LogP) is 5.17. The van der Waals surface area contributed by atoms with Crippen molar-refractivity contribution in [3.63, 3.8) is 0 Å². The lowest BCUT2D eigenvalue weighted by molar-refractivity contribution is 0.0527. The van der Waals surface area contributed by atoms with E-state index < -0.39 is 17.8 Å². The molecule has 0 bridgehead atoms. The normalized spacial score (nSPS) is 10.8. The summed E-state index contributed by atoms with van der Waals surface area (Å²) in [6, 6.07) is 6.98. The minimum absolute atomic E-state index is 0.0802. The van der Waals surface area contributed by atoms with Gasteiger partial charge in [-0.05, 0) is 50.6 Å². The summed E-state index contributed by atoms with van der Waals surface area (Å²) in [5, 5.41) is 3.62. The first kappa shape index (κ1) is 21.1. The number of nitrogens with one attached hydrogen (secondary N) is 1. The highest BCUT2D eigenvalue weighted by atomic mass is 79.9.